The molecule has 0 saturated heterocycles. The van der Waals surface area contributed by atoms with Crippen LogP contribution in [0.4, 0.5) is 23.2 Å². The lowest BCUT2D eigenvalue weighted by molar-refractivity contribution is -0.154. The highest BCUT2D eigenvalue weighted by molar-refractivity contribution is 5.92. The molecule has 0 atom stereocenters. The number of ether oxygens (including phenoxy) is 1. The highest BCUT2D eigenvalue weighted by atomic mass is 19.4. The monoisotopic (exact) mass is 328 g/mol. The number of anilines is 1. The molecular formula is C15H12F4N2O2. The van der Waals surface area contributed by atoms with Crippen LogP contribution in [0.3, 0.4) is 0 Å². The Balaban J connectivity index is 1.87. The number of halogens is 4. The van der Waals surface area contributed by atoms with Crippen LogP contribution < -0.4 is 10.1 Å². The van der Waals surface area contributed by atoms with E-state index in [1.165, 1.54) is 42.6 Å². The third kappa shape index (κ3) is 5.93. The van der Waals surface area contributed by atoms with E-state index in [0.717, 1.165) is 0 Å². The Morgan fingerprint density at radius 3 is 2.39 bits per heavy atom. The molecule has 2 rings (SSSR count). The van der Waals surface area contributed by atoms with Crippen molar-refractivity contribution in [2.75, 3.05) is 11.9 Å². The lowest BCUT2D eigenvalue weighted by atomic mass is 10.1. The maximum absolute atomic E-state index is 12.8. The van der Waals surface area contributed by atoms with Gasteiger partial charge in [0.25, 0.3) is 0 Å². The number of amides is 1. The van der Waals surface area contributed by atoms with Crippen molar-refractivity contribution in [3.8, 4) is 5.88 Å². The average molecular weight is 328 g/mol. The van der Waals surface area contributed by atoms with Crippen molar-refractivity contribution in [1.82, 2.24) is 4.98 Å². The molecule has 1 N–H and O–H groups in total. The van der Waals surface area contributed by atoms with Gasteiger partial charge in [-0.1, -0.05) is 12.1 Å². The van der Waals surface area contributed by atoms with Gasteiger partial charge in [-0.15, -0.1) is 0 Å². The largest absolute Gasteiger partial charge is 0.468 e. The summed E-state index contributed by atoms with van der Waals surface area (Å²) in [6.45, 7) is -1.43. The van der Waals surface area contributed by atoms with Gasteiger partial charge in [-0.25, -0.2) is 9.37 Å². The van der Waals surface area contributed by atoms with Gasteiger partial charge in [0.05, 0.1) is 18.3 Å². The van der Waals surface area contributed by atoms with Gasteiger partial charge < -0.3 is 10.1 Å². The van der Waals surface area contributed by atoms with E-state index in [0.29, 0.717) is 11.3 Å². The number of hydrogen-bond donors (Lipinski definition) is 1. The summed E-state index contributed by atoms with van der Waals surface area (Å²) in [6, 6.07) is 8.07. The zero-order valence-corrected chi connectivity index (χ0v) is 11.7. The van der Waals surface area contributed by atoms with Crippen LogP contribution in [0.25, 0.3) is 0 Å². The van der Waals surface area contributed by atoms with Crippen LogP contribution in [0.5, 0.6) is 5.88 Å². The molecule has 0 unspecified atom stereocenters. The van der Waals surface area contributed by atoms with Gasteiger partial charge >= 0.3 is 6.18 Å². The van der Waals surface area contributed by atoms with E-state index in [9.17, 15) is 22.4 Å². The summed E-state index contributed by atoms with van der Waals surface area (Å²) in [7, 11) is 0. The first-order valence-corrected chi connectivity index (χ1v) is 6.52. The minimum absolute atomic E-state index is 0.0343. The minimum Gasteiger partial charge on any atom is -0.468 e. The second-order valence-electron chi connectivity index (χ2n) is 4.64. The van der Waals surface area contributed by atoms with Gasteiger partial charge in [-0.2, -0.15) is 13.2 Å². The van der Waals surface area contributed by atoms with Crippen molar-refractivity contribution in [1.29, 1.82) is 0 Å². The molecule has 4 nitrogen and oxygen atoms in total. The Bertz CT molecular complexity index is 655. The fourth-order valence-corrected chi connectivity index (χ4v) is 1.69. The number of hydrogen-bond acceptors (Lipinski definition) is 3. The lowest BCUT2D eigenvalue weighted by Gasteiger charge is -2.09. The number of pyridine rings is 1. The predicted octanol–water partition coefficient (Wildman–Crippen LogP) is 3.34. The maximum Gasteiger partial charge on any atom is 0.422 e. The van der Waals surface area contributed by atoms with Gasteiger partial charge in [-0.05, 0) is 23.8 Å². The summed E-state index contributed by atoms with van der Waals surface area (Å²) in [4.78, 5) is 15.5. The molecular weight excluding hydrogens is 316 g/mol. The van der Waals surface area contributed by atoms with E-state index in [4.69, 9.17) is 0 Å². The normalized spacial score (nSPS) is 11.1. The van der Waals surface area contributed by atoms with Crippen molar-refractivity contribution in [3.05, 3.63) is 54.0 Å². The molecule has 0 aliphatic rings. The van der Waals surface area contributed by atoms with Gasteiger partial charge in [0.1, 0.15) is 5.82 Å². The Labute approximate surface area is 129 Å². The summed E-state index contributed by atoms with van der Waals surface area (Å²) >= 11 is 0. The molecule has 0 aliphatic carbocycles. The molecule has 0 radical (unpaired) electrons. The van der Waals surface area contributed by atoms with Gasteiger partial charge in [-0.3, -0.25) is 4.79 Å². The molecule has 0 saturated carbocycles. The first-order valence-electron chi connectivity index (χ1n) is 6.52. The molecule has 0 fully saturated rings. The van der Waals surface area contributed by atoms with Crippen molar-refractivity contribution >= 4 is 11.6 Å². The molecule has 23 heavy (non-hydrogen) atoms. The van der Waals surface area contributed by atoms with Crippen molar-refractivity contribution in [3.63, 3.8) is 0 Å². The van der Waals surface area contributed by atoms with E-state index in [1.54, 1.807) is 0 Å². The second kappa shape index (κ2) is 7.08. The summed E-state index contributed by atoms with van der Waals surface area (Å²) in [5.41, 5.74) is 0.943. The van der Waals surface area contributed by atoms with Crippen LogP contribution in [-0.4, -0.2) is 23.7 Å². The molecule has 2 aromatic rings. The summed E-state index contributed by atoms with van der Waals surface area (Å²) in [6.07, 6.45) is -3.22. The van der Waals surface area contributed by atoms with Crippen molar-refractivity contribution in [2.24, 2.45) is 0 Å². The number of benzene rings is 1. The molecule has 1 heterocycles. The summed E-state index contributed by atoms with van der Waals surface area (Å²) < 4.78 is 53.2. The quantitative estimate of drug-likeness (QED) is 0.857. The van der Waals surface area contributed by atoms with E-state index >= 15 is 0 Å². The minimum atomic E-state index is -4.44. The van der Waals surface area contributed by atoms with Crippen LogP contribution in [0.15, 0.2) is 42.6 Å². The highest BCUT2D eigenvalue weighted by Gasteiger charge is 2.28. The van der Waals surface area contributed by atoms with Crippen LogP contribution in [0.2, 0.25) is 0 Å². The average Bonchev–Trinajstić information content (AvgIpc) is 2.48. The van der Waals surface area contributed by atoms with Gasteiger partial charge in [0.15, 0.2) is 6.61 Å². The first-order chi connectivity index (χ1) is 10.8. The number of aromatic nitrogens is 1. The molecule has 0 bridgehead atoms. The van der Waals surface area contributed by atoms with E-state index in [-0.39, 0.29) is 18.2 Å². The fourth-order valence-electron chi connectivity index (χ4n) is 1.69. The Kier molecular flexibility index (Phi) is 5.15. The fraction of sp³-hybridized carbons (Fsp3) is 0.200. The lowest BCUT2D eigenvalue weighted by Crippen LogP contribution is -2.19. The number of alkyl halides is 3. The maximum atomic E-state index is 12.8. The Morgan fingerprint density at radius 2 is 1.83 bits per heavy atom. The van der Waals surface area contributed by atoms with Crippen LogP contribution in [-0.2, 0) is 11.2 Å². The van der Waals surface area contributed by atoms with Crippen LogP contribution >= 0.6 is 0 Å². The van der Waals surface area contributed by atoms with Gasteiger partial charge in [0, 0.05) is 6.07 Å². The number of carbonyl (C=O) groups is 1. The first kappa shape index (κ1) is 16.7. The van der Waals surface area contributed by atoms with E-state index < -0.39 is 18.6 Å². The Morgan fingerprint density at radius 1 is 1.13 bits per heavy atom. The van der Waals surface area contributed by atoms with Crippen molar-refractivity contribution in [2.45, 2.75) is 12.6 Å². The number of rotatable bonds is 5. The summed E-state index contributed by atoms with van der Waals surface area (Å²) in [5.74, 6) is -0.950. The number of carbonyl (C=O) groups excluding carboxylic acids is 1. The standard InChI is InChI=1S/C15H12F4N2O2/c16-11-3-1-10(2-4-11)7-13(22)21-12-5-6-14(20-8-12)23-9-15(17,18)19/h1-6,8H,7,9H2,(H,21,22). The molecule has 1 aromatic heterocycles. The molecule has 122 valence electrons. The molecule has 1 amide bonds. The predicted molar refractivity (Wildman–Crippen MR) is 74.5 cm³/mol. The van der Waals surface area contributed by atoms with Crippen molar-refractivity contribution < 1.29 is 27.1 Å². The summed E-state index contributed by atoms with van der Waals surface area (Å²) in [5, 5.41) is 2.53. The smallest absolute Gasteiger partial charge is 0.422 e. The van der Waals surface area contributed by atoms with Crippen LogP contribution in [0, 0.1) is 5.82 Å². The van der Waals surface area contributed by atoms with E-state index in [2.05, 4.69) is 15.0 Å². The topological polar surface area (TPSA) is 51.2 Å². The molecule has 8 heteroatoms. The third-order valence-electron chi connectivity index (χ3n) is 2.68. The zero-order chi connectivity index (χ0) is 16.9. The third-order valence-corrected chi connectivity index (χ3v) is 2.68. The SMILES string of the molecule is O=C(Cc1ccc(F)cc1)Nc1ccc(OCC(F)(F)F)nc1. The van der Waals surface area contributed by atoms with Crippen LogP contribution in [0.1, 0.15) is 5.56 Å². The van der Waals surface area contributed by atoms with Gasteiger partial charge in [0.2, 0.25) is 11.8 Å². The zero-order valence-electron chi connectivity index (χ0n) is 11.7. The molecule has 0 spiro atoms. The molecule has 0 aliphatic heterocycles. The number of nitrogens with one attached hydrogen (secondary N) is 1. The second-order valence-corrected chi connectivity index (χ2v) is 4.64. The highest BCUT2D eigenvalue weighted by Crippen LogP contribution is 2.18. The Hall–Kier alpha value is -2.64. The van der Waals surface area contributed by atoms with E-state index in [1.807, 2.05) is 0 Å². The molecule has 1 aromatic carbocycles. The number of nitrogens with zero attached hydrogens (tertiary/aromatic N) is 1.